The van der Waals surface area contributed by atoms with E-state index < -0.39 is 6.04 Å². The van der Waals surface area contributed by atoms with Gasteiger partial charge in [-0.25, -0.2) is 4.39 Å². The maximum absolute atomic E-state index is 13.8. The topological polar surface area (TPSA) is 61.4 Å². The van der Waals surface area contributed by atoms with Crippen molar-refractivity contribution < 1.29 is 14.0 Å². The molecule has 0 spiro atoms. The molecule has 2 N–H and O–H groups in total. The highest BCUT2D eigenvalue weighted by molar-refractivity contribution is 5.88. The number of nitrogens with zero attached hydrogens (tertiary/aromatic N) is 1. The van der Waals surface area contributed by atoms with Gasteiger partial charge in [-0.3, -0.25) is 9.59 Å². The zero-order valence-electron chi connectivity index (χ0n) is 15.6. The van der Waals surface area contributed by atoms with Crippen molar-refractivity contribution in [2.75, 3.05) is 19.6 Å². The molecule has 5 nitrogen and oxygen atoms in total. The van der Waals surface area contributed by atoms with Crippen LogP contribution < -0.4 is 10.6 Å². The molecule has 2 amide bonds. The van der Waals surface area contributed by atoms with Gasteiger partial charge in [0.1, 0.15) is 5.82 Å². The number of nitrogens with one attached hydrogen (secondary N) is 2. The van der Waals surface area contributed by atoms with Gasteiger partial charge < -0.3 is 15.5 Å². The van der Waals surface area contributed by atoms with E-state index >= 15 is 0 Å². The number of carbonyl (C=O) groups is 2. The van der Waals surface area contributed by atoms with Crippen LogP contribution in [-0.2, 0) is 16.1 Å². The number of hydrogen-bond donors (Lipinski definition) is 2. The third-order valence-electron chi connectivity index (χ3n) is 5.40. The second-order valence-electron chi connectivity index (χ2n) is 7.37. The summed E-state index contributed by atoms with van der Waals surface area (Å²) in [5, 5.41) is 6.11. The number of halogens is 2. The van der Waals surface area contributed by atoms with Crippen molar-refractivity contribution in [3.05, 3.63) is 35.6 Å². The fourth-order valence-electron chi connectivity index (χ4n) is 3.85. The minimum absolute atomic E-state index is 0. The molecule has 1 heterocycles. The molecule has 1 saturated carbocycles. The van der Waals surface area contributed by atoms with Crippen LogP contribution in [-0.4, -0.2) is 42.4 Å². The fraction of sp³-hybridized carbons (Fsp3) is 0.600. The van der Waals surface area contributed by atoms with Gasteiger partial charge in [-0.2, -0.15) is 0 Å². The number of benzene rings is 1. The lowest BCUT2D eigenvalue weighted by molar-refractivity contribution is -0.138. The van der Waals surface area contributed by atoms with Crippen LogP contribution in [0, 0.1) is 11.7 Å². The Labute approximate surface area is 166 Å². The molecule has 2 fully saturated rings. The minimum Gasteiger partial charge on any atom is -0.356 e. The third kappa shape index (κ3) is 6.18. The quantitative estimate of drug-likeness (QED) is 0.775. The second-order valence-corrected chi connectivity index (χ2v) is 7.37. The lowest BCUT2D eigenvalue weighted by atomic mass is 9.89. The van der Waals surface area contributed by atoms with Gasteiger partial charge in [-0.1, -0.05) is 37.5 Å². The zero-order valence-corrected chi connectivity index (χ0v) is 16.4. The average molecular weight is 398 g/mol. The first-order chi connectivity index (χ1) is 12.6. The van der Waals surface area contributed by atoms with E-state index in [1.165, 1.54) is 38.2 Å². The standard InChI is InChI=1S/C20H28FN3O2.ClH/c21-17-9-5-4-8-16(17)14-24-11-10-22-18(20(24)26)12-19(25)23-13-15-6-2-1-3-7-15;/h4-5,8-9,15,18,22H,1-3,6-7,10-14H2,(H,23,25);1H. The van der Waals surface area contributed by atoms with Gasteiger partial charge in [0.05, 0.1) is 12.5 Å². The summed E-state index contributed by atoms with van der Waals surface area (Å²) in [6.45, 7) is 2.08. The molecule has 0 aromatic heterocycles. The van der Waals surface area contributed by atoms with Gasteiger partial charge in [0.25, 0.3) is 0 Å². The van der Waals surface area contributed by atoms with Crippen LogP contribution in [0.3, 0.4) is 0 Å². The van der Waals surface area contributed by atoms with Crippen molar-refractivity contribution in [2.24, 2.45) is 5.92 Å². The maximum atomic E-state index is 13.8. The summed E-state index contributed by atoms with van der Waals surface area (Å²) in [5.41, 5.74) is 0.503. The summed E-state index contributed by atoms with van der Waals surface area (Å²) >= 11 is 0. The van der Waals surface area contributed by atoms with E-state index in [-0.39, 0.29) is 43.0 Å². The highest BCUT2D eigenvalue weighted by atomic mass is 35.5. The van der Waals surface area contributed by atoms with Crippen molar-refractivity contribution in [3.63, 3.8) is 0 Å². The van der Waals surface area contributed by atoms with E-state index in [0.717, 1.165) is 0 Å². The minimum atomic E-state index is -0.526. The molecule has 1 saturated heterocycles. The van der Waals surface area contributed by atoms with Gasteiger partial charge in [0.2, 0.25) is 11.8 Å². The molecule has 7 heteroatoms. The summed E-state index contributed by atoms with van der Waals surface area (Å²) in [5.74, 6) is 0.0439. The van der Waals surface area contributed by atoms with Crippen molar-refractivity contribution in [3.8, 4) is 0 Å². The highest BCUT2D eigenvalue weighted by Crippen LogP contribution is 2.22. The van der Waals surface area contributed by atoms with Crippen LogP contribution in [0.1, 0.15) is 44.1 Å². The molecule has 3 rings (SSSR count). The SMILES string of the molecule is Cl.O=C(CC1NCCN(Cc2ccccc2F)C1=O)NCC1CCCCC1. The average Bonchev–Trinajstić information content (AvgIpc) is 2.66. The molecule has 1 aliphatic heterocycles. The van der Waals surface area contributed by atoms with Crippen molar-refractivity contribution in [1.82, 2.24) is 15.5 Å². The van der Waals surface area contributed by atoms with Crippen molar-refractivity contribution >= 4 is 24.2 Å². The molecule has 1 unspecified atom stereocenters. The molecule has 1 atom stereocenters. The molecular formula is C20H29ClFN3O2. The van der Waals surface area contributed by atoms with E-state index in [4.69, 9.17) is 0 Å². The zero-order chi connectivity index (χ0) is 18.4. The first-order valence-corrected chi connectivity index (χ1v) is 9.66. The van der Waals surface area contributed by atoms with E-state index in [9.17, 15) is 14.0 Å². The Morgan fingerprint density at radius 3 is 2.70 bits per heavy atom. The molecule has 1 aromatic carbocycles. The summed E-state index contributed by atoms with van der Waals surface area (Å²) in [6.07, 6.45) is 6.28. The Hall–Kier alpha value is -1.66. The van der Waals surface area contributed by atoms with Gasteiger partial charge in [-0.15, -0.1) is 12.4 Å². The van der Waals surface area contributed by atoms with Crippen LogP contribution >= 0.6 is 12.4 Å². The third-order valence-corrected chi connectivity index (χ3v) is 5.40. The monoisotopic (exact) mass is 397 g/mol. The number of amides is 2. The Morgan fingerprint density at radius 2 is 1.96 bits per heavy atom. The van der Waals surface area contributed by atoms with Gasteiger partial charge in [0.15, 0.2) is 0 Å². The molecule has 150 valence electrons. The smallest absolute Gasteiger partial charge is 0.240 e. The first-order valence-electron chi connectivity index (χ1n) is 9.66. The van der Waals surface area contributed by atoms with E-state index in [1.54, 1.807) is 23.1 Å². The van der Waals surface area contributed by atoms with E-state index in [1.807, 2.05) is 0 Å². The van der Waals surface area contributed by atoms with Crippen LogP contribution in [0.2, 0.25) is 0 Å². The number of piperazine rings is 1. The molecule has 1 aromatic rings. The molecule has 0 bridgehead atoms. The Kier molecular flexibility index (Phi) is 8.51. The predicted octanol–water partition coefficient (Wildman–Crippen LogP) is 2.63. The number of rotatable bonds is 6. The Balaban J connectivity index is 0.00000261. The summed E-state index contributed by atoms with van der Waals surface area (Å²) in [6, 6.07) is 5.97. The Bertz CT molecular complexity index is 637. The van der Waals surface area contributed by atoms with Crippen molar-refractivity contribution in [1.29, 1.82) is 0 Å². The van der Waals surface area contributed by atoms with Crippen LogP contribution in [0.15, 0.2) is 24.3 Å². The van der Waals surface area contributed by atoms with Gasteiger partial charge in [-0.05, 0) is 24.8 Å². The van der Waals surface area contributed by atoms with E-state index in [2.05, 4.69) is 10.6 Å². The lowest BCUT2D eigenvalue weighted by Gasteiger charge is -2.33. The van der Waals surface area contributed by atoms with Crippen LogP contribution in [0.25, 0.3) is 0 Å². The van der Waals surface area contributed by atoms with Crippen molar-refractivity contribution in [2.45, 2.75) is 51.1 Å². The fourth-order valence-corrected chi connectivity index (χ4v) is 3.85. The normalized spacial score (nSPS) is 20.9. The number of carbonyl (C=O) groups excluding carboxylic acids is 2. The molecular weight excluding hydrogens is 369 g/mol. The predicted molar refractivity (Wildman–Crippen MR) is 105 cm³/mol. The molecule has 2 aliphatic rings. The van der Waals surface area contributed by atoms with Crippen LogP contribution in [0.4, 0.5) is 4.39 Å². The highest BCUT2D eigenvalue weighted by Gasteiger charge is 2.30. The van der Waals surface area contributed by atoms with Gasteiger partial charge >= 0.3 is 0 Å². The van der Waals surface area contributed by atoms with Crippen LogP contribution in [0.5, 0.6) is 0 Å². The lowest BCUT2D eigenvalue weighted by Crippen LogP contribution is -2.56. The molecule has 0 radical (unpaired) electrons. The van der Waals surface area contributed by atoms with E-state index in [0.29, 0.717) is 31.1 Å². The van der Waals surface area contributed by atoms with Gasteiger partial charge in [0, 0.05) is 31.7 Å². The largest absolute Gasteiger partial charge is 0.356 e. The maximum Gasteiger partial charge on any atom is 0.240 e. The number of hydrogen-bond acceptors (Lipinski definition) is 3. The molecule has 1 aliphatic carbocycles. The summed E-state index contributed by atoms with van der Waals surface area (Å²) < 4.78 is 13.8. The summed E-state index contributed by atoms with van der Waals surface area (Å²) in [4.78, 5) is 26.5. The molecule has 27 heavy (non-hydrogen) atoms. The Morgan fingerprint density at radius 1 is 1.22 bits per heavy atom. The second kappa shape index (κ2) is 10.6. The summed E-state index contributed by atoms with van der Waals surface area (Å²) in [7, 11) is 0. The first kappa shape index (κ1) is 21.6.